The van der Waals surface area contributed by atoms with Crippen molar-refractivity contribution in [2.24, 2.45) is 5.16 Å². The smallest absolute Gasteiger partial charge is 0.434 e. The predicted molar refractivity (Wildman–Crippen MR) is 71.1 cm³/mol. The molecule has 102 valence electrons. The summed E-state index contributed by atoms with van der Waals surface area (Å²) in [4.78, 5) is 21.2. The monoisotopic (exact) mass is 272 g/mol. The fourth-order valence-electron chi connectivity index (χ4n) is 1.46. The van der Waals surface area contributed by atoms with Crippen LogP contribution >= 0.6 is 0 Å². The van der Waals surface area contributed by atoms with Crippen LogP contribution in [0.5, 0.6) is 0 Å². The standard InChI is InChI=1S/C13H12N4O3/c1-8-5-4-6-10-11(8)15-12(19-10)9(7-14)16-20-13(18)17(2)3/h4-6H,1-3H3/b16-9+. The predicted octanol–water partition coefficient (Wildman–Crippen LogP) is 2.06. The van der Waals surface area contributed by atoms with Crippen molar-refractivity contribution in [3.05, 3.63) is 29.7 Å². The molecule has 0 N–H and O–H groups in total. The van der Waals surface area contributed by atoms with Gasteiger partial charge in [-0.05, 0) is 18.6 Å². The lowest BCUT2D eigenvalue weighted by atomic mass is 10.2. The number of carbonyl (C=O) groups is 1. The van der Waals surface area contributed by atoms with E-state index in [0.29, 0.717) is 11.1 Å². The van der Waals surface area contributed by atoms with Gasteiger partial charge in [-0.1, -0.05) is 17.3 Å². The van der Waals surface area contributed by atoms with E-state index in [1.807, 2.05) is 19.1 Å². The van der Waals surface area contributed by atoms with E-state index in [9.17, 15) is 4.79 Å². The summed E-state index contributed by atoms with van der Waals surface area (Å²) in [7, 11) is 3.01. The second kappa shape index (κ2) is 5.40. The molecule has 0 aliphatic heterocycles. The number of nitrogens with zero attached hydrogens (tertiary/aromatic N) is 4. The molecular formula is C13H12N4O3. The van der Waals surface area contributed by atoms with E-state index >= 15 is 0 Å². The summed E-state index contributed by atoms with van der Waals surface area (Å²) >= 11 is 0. The number of rotatable bonds is 2. The van der Waals surface area contributed by atoms with Crippen LogP contribution in [0.1, 0.15) is 11.5 Å². The molecule has 2 rings (SSSR count). The third-order valence-corrected chi connectivity index (χ3v) is 2.51. The fraction of sp³-hybridized carbons (Fsp3) is 0.231. The molecule has 1 aromatic heterocycles. The molecule has 7 heteroatoms. The number of aromatic nitrogens is 1. The average Bonchev–Trinajstić information content (AvgIpc) is 2.84. The van der Waals surface area contributed by atoms with Crippen LogP contribution in [-0.4, -0.2) is 35.8 Å². The second-order valence-corrected chi connectivity index (χ2v) is 4.24. The molecule has 0 aliphatic carbocycles. The lowest BCUT2D eigenvalue weighted by Crippen LogP contribution is -2.21. The van der Waals surface area contributed by atoms with Gasteiger partial charge in [0.2, 0.25) is 5.71 Å². The molecule has 1 heterocycles. The van der Waals surface area contributed by atoms with E-state index in [4.69, 9.17) is 9.68 Å². The minimum atomic E-state index is -0.690. The summed E-state index contributed by atoms with van der Waals surface area (Å²) in [6.45, 7) is 1.88. The van der Waals surface area contributed by atoms with Crippen LogP contribution in [0.15, 0.2) is 27.8 Å². The number of nitriles is 1. The van der Waals surface area contributed by atoms with Crippen LogP contribution in [0.2, 0.25) is 0 Å². The number of oxime groups is 1. The van der Waals surface area contributed by atoms with Crippen molar-refractivity contribution < 1.29 is 14.0 Å². The van der Waals surface area contributed by atoms with Crippen molar-refractivity contribution in [2.75, 3.05) is 14.1 Å². The number of fused-ring (bicyclic) bond motifs is 1. The minimum Gasteiger partial charge on any atom is -0.434 e. The Morgan fingerprint density at radius 3 is 2.85 bits per heavy atom. The van der Waals surface area contributed by atoms with Gasteiger partial charge in [0.25, 0.3) is 5.89 Å². The van der Waals surface area contributed by atoms with Crippen LogP contribution in [0.25, 0.3) is 11.1 Å². The van der Waals surface area contributed by atoms with Crippen molar-refractivity contribution in [3.8, 4) is 6.07 Å². The molecule has 0 radical (unpaired) electrons. The van der Waals surface area contributed by atoms with Gasteiger partial charge in [0, 0.05) is 14.1 Å². The first-order valence-electron chi connectivity index (χ1n) is 5.76. The first-order chi connectivity index (χ1) is 9.52. The lowest BCUT2D eigenvalue weighted by molar-refractivity contribution is 0.122. The maximum Gasteiger partial charge on any atom is 0.435 e. The quantitative estimate of drug-likeness (QED) is 0.474. The molecule has 0 saturated carbocycles. The number of carbonyl (C=O) groups excluding carboxylic acids is 1. The molecule has 0 atom stereocenters. The normalized spacial score (nSPS) is 11.2. The molecule has 0 unspecified atom stereocenters. The van der Waals surface area contributed by atoms with Gasteiger partial charge in [-0.3, -0.25) is 4.84 Å². The highest BCUT2D eigenvalue weighted by molar-refractivity contribution is 6.09. The first kappa shape index (κ1) is 13.5. The third kappa shape index (κ3) is 2.59. The van der Waals surface area contributed by atoms with Gasteiger partial charge in [-0.15, -0.1) is 0 Å². The Morgan fingerprint density at radius 1 is 1.50 bits per heavy atom. The Hall–Kier alpha value is -2.88. The molecule has 0 fully saturated rings. The van der Waals surface area contributed by atoms with E-state index < -0.39 is 6.09 Å². The number of oxazole rings is 1. The average molecular weight is 272 g/mol. The first-order valence-corrected chi connectivity index (χ1v) is 5.76. The van der Waals surface area contributed by atoms with E-state index in [1.54, 1.807) is 12.1 Å². The zero-order valence-corrected chi connectivity index (χ0v) is 11.2. The highest BCUT2D eigenvalue weighted by Crippen LogP contribution is 2.19. The summed E-state index contributed by atoms with van der Waals surface area (Å²) in [5, 5.41) is 12.5. The Morgan fingerprint density at radius 2 is 2.25 bits per heavy atom. The van der Waals surface area contributed by atoms with E-state index in [1.165, 1.54) is 19.0 Å². The molecule has 7 nitrogen and oxygen atoms in total. The molecule has 1 aromatic carbocycles. The highest BCUT2D eigenvalue weighted by Gasteiger charge is 2.15. The minimum absolute atomic E-state index is 0.0170. The zero-order chi connectivity index (χ0) is 14.7. The maximum atomic E-state index is 11.3. The number of amides is 1. The SMILES string of the molecule is Cc1cccc2oc(/C(C#N)=N/OC(=O)N(C)C)nc12. The Labute approximate surface area is 115 Å². The molecule has 0 aliphatic rings. The van der Waals surface area contributed by atoms with Crippen molar-refractivity contribution in [1.29, 1.82) is 5.26 Å². The summed E-state index contributed by atoms with van der Waals surface area (Å²) in [5.41, 5.74) is 1.90. The molecule has 20 heavy (non-hydrogen) atoms. The van der Waals surface area contributed by atoms with Gasteiger partial charge in [0.1, 0.15) is 11.6 Å². The molecule has 0 saturated heterocycles. The lowest BCUT2D eigenvalue weighted by Gasteiger charge is -2.05. The molecule has 0 bridgehead atoms. The van der Waals surface area contributed by atoms with Gasteiger partial charge >= 0.3 is 6.09 Å². The van der Waals surface area contributed by atoms with Crippen molar-refractivity contribution in [2.45, 2.75) is 6.92 Å². The Bertz CT molecular complexity index is 725. The highest BCUT2D eigenvalue weighted by atomic mass is 16.7. The van der Waals surface area contributed by atoms with E-state index in [0.717, 1.165) is 5.56 Å². The number of benzene rings is 1. The van der Waals surface area contributed by atoms with Crippen LogP contribution < -0.4 is 0 Å². The topological polar surface area (TPSA) is 91.7 Å². The summed E-state index contributed by atoms with van der Waals surface area (Å²) < 4.78 is 5.43. The van der Waals surface area contributed by atoms with Crippen LogP contribution in [-0.2, 0) is 4.84 Å². The van der Waals surface area contributed by atoms with Gasteiger partial charge in [-0.2, -0.15) is 5.26 Å². The molecular weight excluding hydrogens is 260 g/mol. The Kier molecular flexibility index (Phi) is 3.66. The number of hydrogen-bond acceptors (Lipinski definition) is 6. The number of aryl methyl sites for hydroxylation is 1. The van der Waals surface area contributed by atoms with E-state index in [-0.39, 0.29) is 11.6 Å². The summed E-state index contributed by atoms with van der Waals surface area (Å²) in [6, 6.07) is 7.23. The van der Waals surface area contributed by atoms with Crippen LogP contribution in [0.4, 0.5) is 4.79 Å². The van der Waals surface area contributed by atoms with Crippen molar-refractivity contribution >= 4 is 22.9 Å². The fourth-order valence-corrected chi connectivity index (χ4v) is 1.46. The summed E-state index contributed by atoms with van der Waals surface area (Å²) in [5.74, 6) is 0.0170. The number of para-hydroxylation sites is 1. The molecule has 2 aromatic rings. The third-order valence-electron chi connectivity index (χ3n) is 2.51. The van der Waals surface area contributed by atoms with Crippen LogP contribution in [0, 0.1) is 18.3 Å². The van der Waals surface area contributed by atoms with Crippen LogP contribution in [0.3, 0.4) is 0 Å². The zero-order valence-electron chi connectivity index (χ0n) is 11.2. The number of hydrogen-bond donors (Lipinski definition) is 0. The van der Waals surface area contributed by atoms with Gasteiger partial charge < -0.3 is 9.32 Å². The molecule has 0 spiro atoms. The van der Waals surface area contributed by atoms with E-state index in [2.05, 4.69) is 15.0 Å². The van der Waals surface area contributed by atoms with Gasteiger partial charge in [0.05, 0.1) is 0 Å². The largest absolute Gasteiger partial charge is 0.435 e. The van der Waals surface area contributed by atoms with Crippen molar-refractivity contribution in [3.63, 3.8) is 0 Å². The van der Waals surface area contributed by atoms with Crippen molar-refractivity contribution in [1.82, 2.24) is 9.88 Å². The maximum absolute atomic E-state index is 11.3. The second-order valence-electron chi connectivity index (χ2n) is 4.24. The molecule has 1 amide bonds. The van der Waals surface area contributed by atoms with Gasteiger partial charge in [0.15, 0.2) is 5.58 Å². The Balaban J connectivity index is 2.35. The van der Waals surface area contributed by atoms with Gasteiger partial charge in [-0.25, -0.2) is 9.78 Å². The summed E-state index contributed by atoms with van der Waals surface area (Å²) in [6.07, 6.45) is -0.690.